The van der Waals surface area contributed by atoms with Crippen LogP contribution in [0.15, 0.2) is 34.1 Å². The highest BCUT2D eigenvalue weighted by Gasteiger charge is 2.17. The molecule has 0 aliphatic heterocycles. The second kappa shape index (κ2) is 7.65. The Morgan fingerprint density at radius 3 is 2.45 bits per heavy atom. The molecule has 0 radical (unpaired) electrons. The van der Waals surface area contributed by atoms with Gasteiger partial charge in [0, 0.05) is 13.1 Å². The molecule has 1 aromatic heterocycles. The molecular weight excluding hydrogens is 366 g/mol. The van der Waals surface area contributed by atoms with Crippen molar-refractivity contribution in [1.82, 2.24) is 4.90 Å². The maximum Gasteiger partial charge on any atom is 0.264 e. The zero-order chi connectivity index (χ0) is 16.1. The summed E-state index contributed by atoms with van der Waals surface area (Å²) >= 11 is 4.84. The van der Waals surface area contributed by atoms with Crippen molar-refractivity contribution in [3.05, 3.63) is 44.6 Å². The number of hydrogen-bond donors (Lipinski definition) is 0. The summed E-state index contributed by atoms with van der Waals surface area (Å²) in [5.74, 6) is 1.39. The summed E-state index contributed by atoms with van der Waals surface area (Å²) in [4.78, 5) is 15.1. The van der Waals surface area contributed by atoms with E-state index in [1.54, 1.807) is 19.1 Å². The Morgan fingerprint density at radius 1 is 1.18 bits per heavy atom. The van der Waals surface area contributed by atoms with Crippen molar-refractivity contribution in [2.45, 2.75) is 13.5 Å². The zero-order valence-electron chi connectivity index (χ0n) is 12.8. The Hall–Kier alpha value is -1.53. The molecular formula is C16H18BrNO3S. The molecule has 0 fully saturated rings. The van der Waals surface area contributed by atoms with Crippen molar-refractivity contribution in [3.63, 3.8) is 0 Å². The molecule has 118 valence electrons. The summed E-state index contributed by atoms with van der Waals surface area (Å²) in [7, 11) is 3.21. The molecule has 1 amide bonds. The van der Waals surface area contributed by atoms with E-state index in [4.69, 9.17) is 9.47 Å². The molecule has 2 rings (SSSR count). The highest BCUT2D eigenvalue weighted by molar-refractivity contribution is 9.11. The quantitative estimate of drug-likeness (QED) is 0.750. The normalized spacial score (nSPS) is 10.4. The van der Waals surface area contributed by atoms with Crippen molar-refractivity contribution in [2.75, 3.05) is 20.8 Å². The first-order chi connectivity index (χ1) is 10.6. The molecule has 0 bridgehead atoms. The van der Waals surface area contributed by atoms with Crippen molar-refractivity contribution < 1.29 is 14.3 Å². The van der Waals surface area contributed by atoms with E-state index in [-0.39, 0.29) is 5.91 Å². The number of ether oxygens (including phenoxy) is 2. The van der Waals surface area contributed by atoms with Crippen LogP contribution in [0.5, 0.6) is 11.5 Å². The van der Waals surface area contributed by atoms with Gasteiger partial charge in [0.15, 0.2) is 11.5 Å². The first-order valence-electron chi connectivity index (χ1n) is 6.84. The lowest BCUT2D eigenvalue weighted by Gasteiger charge is -2.21. The molecule has 0 saturated carbocycles. The van der Waals surface area contributed by atoms with Crippen LogP contribution in [-0.4, -0.2) is 31.6 Å². The molecule has 0 aliphatic rings. The largest absolute Gasteiger partial charge is 0.493 e. The Labute approximate surface area is 142 Å². The Morgan fingerprint density at radius 2 is 1.91 bits per heavy atom. The monoisotopic (exact) mass is 383 g/mol. The molecule has 22 heavy (non-hydrogen) atoms. The van der Waals surface area contributed by atoms with Crippen LogP contribution in [-0.2, 0) is 6.54 Å². The summed E-state index contributed by atoms with van der Waals surface area (Å²) in [5.41, 5.74) is 1.00. The molecule has 0 spiro atoms. The predicted octanol–water partition coefficient (Wildman–Crippen LogP) is 4.19. The lowest BCUT2D eigenvalue weighted by atomic mass is 10.2. The van der Waals surface area contributed by atoms with Crippen LogP contribution in [0.2, 0.25) is 0 Å². The maximum absolute atomic E-state index is 12.5. The van der Waals surface area contributed by atoms with E-state index in [1.807, 2.05) is 37.3 Å². The summed E-state index contributed by atoms with van der Waals surface area (Å²) in [6, 6.07) is 9.44. The topological polar surface area (TPSA) is 38.8 Å². The minimum atomic E-state index is 0.0352. The lowest BCUT2D eigenvalue weighted by molar-refractivity contribution is 0.0757. The summed E-state index contributed by atoms with van der Waals surface area (Å²) < 4.78 is 11.5. The van der Waals surface area contributed by atoms with Crippen LogP contribution in [0, 0.1) is 0 Å². The fourth-order valence-electron chi connectivity index (χ4n) is 2.11. The van der Waals surface area contributed by atoms with Crippen LogP contribution in [0.25, 0.3) is 0 Å². The van der Waals surface area contributed by atoms with Crippen molar-refractivity contribution in [2.24, 2.45) is 0 Å². The van der Waals surface area contributed by atoms with Crippen LogP contribution in [0.3, 0.4) is 0 Å². The highest BCUT2D eigenvalue weighted by atomic mass is 79.9. The number of carbonyl (C=O) groups excluding carboxylic acids is 1. The van der Waals surface area contributed by atoms with Gasteiger partial charge in [-0.2, -0.15) is 0 Å². The average Bonchev–Trinajstić information content (AvgIpc) is 2.98. The smallest absolute Gasteiger partial charge is 0.264 e. The van der Waals surface area contributed by atoms with Gasteiger partial charge in [-0.15, -0.1) is 11.3 Å². The second-order valence-corrected chi connectivity index (χ2v) is 7.08. The molecule has 4 nitrogen and oxygen atoms in total. The van der Waals surface area contributed by atoms with Crippen LogP contribution < -0.4 is 9.47 Å². The van der Waals surface area contributed by atoms with Gasteiger partial charge in [-0.3, -0.25) is 4.79 Å². The number of rotatable bonds is 6. The maximum atomic E-state index is 12.5. The fourth-order valence-corrected chi connectivity index (χ4v) is 3.47. The molecule has 1 aromatic carbocycles. The average molecular weight is 384 g/mol. The van der Waals surface area contributed by atoms with Gasteiger partial charge in [0.1, 0.15) is 0 Å². The zero-order valence-corrected chi connectivity index (χ0v) is 15.2. The Bertz CT molecular complexity index is 657. The third-order valence-corrected chi connectivity index (χ3v) is 4.89. The summed E-state index contributed by atoms with van der Waals surface area (Å²) in [5, 5.41) is 0. The standard InChI is InChI=1S/C16H18BrNO3S/c1-4-18(16(19)14-7-8-15(17)22-14)10-11-5-6-12(20-2)13(9-11)21-3/h5-9H,4,10H2,1-3H3. The van der Waals surface area contributed by atoms with E-state index >= 15 is 0 Å². The summed E-state index contributed by atoms with van der Waals surface area (Å²) in [6.07, 6.45) is 0. The molecule has 1 heterocycles. The van der Waals surface area contributed by atoms with E-state index in [2.05, 4.69) is 15.9 Å². The van der Waals surface area contributed by atoms with E-state index in [9.17, 15) is 4.79 Å². The lowest BCUT2D eigenvalue weighted by Crippen LogP contribution is -2.29. The van der Waals surface area contributed by atoms with Crippen molar-refractivity contribution in [3.8, 4) is 11.5 Å². The molecule has 0 unspecified atom stereocenters. The molecule has 2 aromatic rings. The number of amides is 1. The highest BCUT2D eigenvalue weighted by Crippen LogP contribution is 2.29. The van der Waals surface area contributed by atoms with E-state index in [0.717, 1.165) is 14.2 Å². The van der Waals surface area contributed by atoms with Gasteiger partial charge >= 0.3 is 0 Å². The van der Waals surface area contributed by atoms with Gasteiger partial charge in [0.2, 0.25) is 0 Å². The first kappa shape index (κ1) is 16.8. The molecule has 0 aliphatic carbocycles. The molecule has 6 heteroatoms. The van der Waals surface area contributed by atoms with Gasteiger partial charge < -0.3 is 14.4 Å². The Kier molecular flexibility index (Phi) is 5.85. The number of benzene rings is 1. The van der Waals surface area contributed by atoms with E-state index < -0.39 is 0 Å². The van der Waals surface area contributed by atoms with Gasteiger partial charge in [-0.25, -0.2) is 0 Å². The van der Waals surface area contributed by atoms with Crippen molar-refractivity contribution in [1.29, 1.82) is 0 Å². The van der Waals surface area contributed by atoms with E-state index in [1.165, 1.54) is 11.3 Å². The Balaban J connectivity index is 2.18. The number of thiophene rings is 1. The summed E-state index contributed by atoms with van der Waals surface area (Å²) in [6.45, 7) is 3.15. The predicted molar refractivity (Wildman–Crippen MR) is 92.0 cm³/mol. The molecule has 0 saturated heterocycles. The van der Waals surface area contributed by atoms with Gasteiger partial charge in [0.05, 0.1) is 22.9 Å². The van der Waals surface area contributed by atoms with Crippen molar-refractivity contribution >= 4 is 33.2 Å². The van der Waals surface area contributed by atoms with Crippen LogP contribution >= 0.6 is 27.3 Å². The first-order valence-corrected chi connectivity index (χ1v) is 8.45. The third-order valence-electron chi connectivity index (χ3n) is 3.27. The fraction of sp³-hybridized carbons (Fsp3) is 0.312. The SMILES string of the molecule is CCN(Cc1ccc(OC)c(OC)c1)C(=O)c1ccc(Br)s1. The van der Waals surface area contributed by atoms with Gasteiger partial charge in [0.25, 0.3) is 5.91 Å². The minimum absolute atomic E-state index is 0.0352. The van der Waals surface area contributed by atoms with E-state index in [0.29, 0.717) is 24.6 Å². The minimum Gasteiger partial charge on any atom is -0.493 e. The number of carbonyl (C=O) groups is 1. The number of halogens is 1. The third kappa shape index (κ3) is 3.81. The van der Waals surface area contributed by atoms with Gasteiger partial charge in [-0.1, -0.05) is 6.07 Å². The molecule has 0 atom stereocenters. The van der Waals surface area contributed by atoms with Crippen LogP contribution in [0.4, 0.5) is 0 Å². The number of methoxy groups -OCH3 is 2. The van der Waals surface area contributed by atoms with Crippen LogP contribution in [0.1, 0.15) is 22.2 Å². The van der Waals surface area contributed by atoms with Gasteiger partial charge in [-0.05, 0) is 52.7 Å². The second-order valence-electron chi connectivity index (χ2n) is 4.61. The molecule has 0 N–H and O–H groups in total. The number of hydrogen-bond acceptors (Lipinski definition) is 4. The number of nitrogens with zero attached hydrogens (tertiary/aromatic N) is 1.